The van der Waals surface area contributed by atoms with Gasteiger partial charge in [0.1, 0.15) is 6.10 Å². The van der Waals surface area contributed by atoms with Crippen LogP contribution in [0.15, 0.2) is 12.2 Å². The van der Waals surface area contributed by atoms with E-state index in [1.165, 1.54) is 57.8 Å². The van der Waals surface area contributed by atoms with Crippen molar-refractivity contribution in [2.24, 2.45) is 5.41 Å². The highest BCUT2D eigenvalue weighted by Gasteiger charge is 2.33. The molecule has 1 heterocycles. The molecule has 2 unspecified atom stereocenters. The van der Waals surface area contributed by atoms with E-state index in [0.717, 1.165) is 38.5 Å². The third-order valence-corrected chi connectivity index (χ3v) is 7.84. The molecule has 8 heteroatoms. The Labute approximate surface area is 243 Å². The molecule has 232 valence electrons. The van der Waals surface area contributed by atoms with Gasteiger partial charge in [0.15, 0.2) is 0 Å². The van der Waals surface area contributed by atoms with Gasteiger partial charge in [0.2, 0.25) is 17.7 Å². The SMILES string of the molecule is CCCCCCCC/C=C\CCCCCCCC(=O)NC1CCCN(C(=O)CCNC(=O)C(O)C(C)(C)CO)C1. The standard InChI is InChI=1S/C32H59N3O5/c1-4-5-6-7-8-9-10-11-12-13-14-15-16-17-18-21-28(37)34-27-20-19-24-35(25-27)29(38)22-23-33-31(40)30(39)32(2,3)26-36/h11-12,27,30,36,39H,4-10,13-26H2,1-3H3,(H,33,40)(H,34,37)/b12-11-. The number of nitrogens with zero attached hydrogens (tertiary/aromatic N) is 1. The summed E-state index contributed by atoms with van der Waals surface area (Å²) in [5.74, 6) is -0.608. The van der Waals surface area contributed by atoms with Crippen LogP contribution in [-0.4, -0.2) is 71.2 Å². The first-order chi connectivity index (χ1) is 19.2. The van der Waals surface area contributed by atoms with Gasteiger partial charge in [-0.3, -0.25) is 14.4 Å². The minimum atomic E-state index is -1.34. The van der Waals surface area contributed by atoms with Crippen molar-refractivity contribution in [2.45, 2.75) is 142 Å². The van der Waals surface area contributed by atoms with E-state index in [1.807, 2.05) is 0 Å². The highest BCUT2D eigenvalue weighted by Crippen LogP contribution is 2.19. The van der Waals surface area contributed by atoms with Crippen molar-refractivity contribution in [3.05, 3.63) is 12.2 Å². The number of carbonyl (C=O) groups is 3. The molecule has 1 rings (SSSR count). The van der Waals surface area contributed by atoms with Crippen LogP contribution in [-0.2, 0) is 14.4 Å². The van der Waals surface area contributed by atoms with Crippen LogP contribution in [0.2, 0.25) is 0 Å². The molecular weight excluding hydrogens is 506 g/mol. The third kappa shape index (κ3) is 16.4. The molecule has 1 saturated heterocycles. The summed E-state index contributed by atoms with van der Waals surface area (Å²) in [5, 5.41) is 25.0. The van der Waals surface area contributed by atoms with Gasteiger partial charge in [0, 0.05) is 43.9 Å². The zero-order valence-corrected chi connectivity index (χ0v) is 25.7. The summed E-state index contributed by atoms with van der Waals surface area (Å²) < 4.78 is 0. The number of likely N-dealkylation sites (tertiary alicyclic amines) is 1. The largest absolute Gasteiger partial charge is 0.396 e. The van der Waals surface area contributed by atoms with Crippen molar-refractivity contribution in [1.82, 2.24) is 15.5 Å². The van der Waals surface area contributed by atoms with Gasteiger partial charge in [-0.2, -0.15) is 0 Å². The predicted octanol–water partition coefficient (Wildman–Crippen LogP) is 5.02. The number of unbranched alkanes of at least 4 members (excludes halogenated alkanes) is 11. The smallest absolute Gasteiger partial charge is 0.249 e. The van der Waals surface area contributed by atoms with Crippen LogP contribution in [0.3, 0.4) is 0 Å². The number of allylic oxidation sites excluding steroid dienone is 2. The maximum absolute atomic E-state index is 12.6. The fourth-order valence-electron chi connectivity index (χ4n) is 4.97. The summed E-state index contributed by atoms with van der Waals surface area (Å²) in [6.07, 6.45) is 21.7. The van der Waals surface area contributed by atoms with E-state index in [-0.39, 0.29) is 37.4 Å². The van der Waals surface area contributed by atoms with Crippen LogP contribution < -0.4 is 10.6 Å². The number of hydrogen-bond acceptors (Lipinski definition) is 5. The Morgan fingerprint density at radius 3 is 2.15 bits per heavy atom. The number of aliphatic hydroxyl groups is 2. The normalized spacial score (nSPS) is 16.7. The van der Waals surface area contributed by atoms with Crippen molar-refractivity contribution in [3.8, 4) is 0 Å². The number of rotatable bonds is 22. The summed E-state index contributed by atoms with van der Waals surface area (Å²) in [6.45, 7) is 6.39. The summed E-state index contributed by atoms with van der Waals surface area (Å²) in [7, 11) is 0. The summed E-state index contributed by atoms with van der Waals surface area (Å²) in [6, 6.07) is -0.0323. The predicted molar refractivity (Wildman–Crippen MR) is 162 cm³/mol. The molecule has 1 aliphatic heterocycles. The Bertz CT molecular complexity index is 740. The Hall–Kier alpha value is -1.93. The van der Waals surface area contributed by atoms with E-state index in [1.54, 1.807) is 18.7 Å². The highest BCUT2D eigenvalue weighted by atomic mass is 16.3. The van der Waals surface area contributed by atoms with Gasteiger partial charge in [-0.05, 0) is 44.9 Å². The number of nitrogens with one attached hydrogen (secondary N) is 2. The topological polar surface area (TPSA) is 119 Å². The molecule has 0 aromatic carbocycles. The minimum Gasteiger partial charge on any atom is -0.396 e. The van der Waals surface area contributed by atoms with Crippen LogP contribution in [0.1, 0.15) is 130 Å². The number of hydrogen-bond donors (Lipinski definition) is 4. The molecule has 0 saturated carbocycles. The molecule has 0 aliphatic carbocycles. The van der Waals surface area contributed by atoms with Crippen LogP contribution in [0.25, 0.3) is 0 Å². The third-order valence-electron chi connectivity index (χ3n) is 7.84. The first-order valence-corrected chi connectivity index (χ1v) is 16.0. The van der Waals surface area contributed by atoms with Crippen molar-refractivity contribution in [1.29, 1.82) is 0 Å². The van der Waals surface area contributed by atoms with Crippen LogP contribution >= 0.6 is 0 Å². The van der Waals surface area contributed by atoms with Gasteiger partial charge in [-0.25, -0.2) is 0 Å². The second-order valence-corrected chi connectivity index (χ2v) is 12.2. The first kappa shape index (κ1) is 36.1. The number of amides is 3. The lowest BCUT2D eigenvalue weighted by Crippen LogP contribution is -2.50. The molecule has 4 N–H and O–H groups in total. The van der Waals surface area contributed by atoms with E-state index >= 15 is 0 Å². The van der Waals surface area contributed by atoms with E-state index in [0.29, 0.717) is 19.5 Å². The fraction of sp³-hybridized carbons (Fsp3) is 0.844. The van der Waals surface area contributed by atoms with Gasteiger partial charge in [0.05, 0.1) is 6.61 Å². The van der Waals surface area contributed by atoms with Crippen LogP contribution in [0.5, 0.6) is 0 Å². The Morgan fingerprint density at radius 2 is 1.52 bits per heavy atom. The molecule has 0 aromatic heterocycles. The zero-order chi connectivity index (χ0) is 29.6. The number of carbonyl (C=O) groups excluding carboxylic acids is 3. The molecule has 40 heavy (non-hydrogen) atoms. The molecule has 2 atom stereocenters. The molecule has 1 fully saturated rings. The molecular formula is C32H59N3O5. The first-order valence-electron chi connectivity index (χ1n) is 16.0. The van der Waals surface area contributed by atoms with Gasteiger partial charge < -0.3 is 25.7 Å². The lowest BCUT2D eigenvalue weighted by atomic mass is 9.87. The maximum atomic E-state index is 12.6. The zero-order valence-electron chi connectivity index (χ0n) is 25.7. The number of aliphatic hydroxyl groups excluding tert-OH is 2. The van der Waals surface area contributed by atoms with Crippen molar-refractivity contribution >= 4 is 17.7 Å². The lowest BCUT2D eigenvalue weighted by molar-refractivity contribution is -0.137. The van der Waals surface area contributed by atoms with E-state index < -0.39 is 17.4 Å². The molecule has 3 amide bonds. The molecule has 0 radical (unpaired) electrons. The average Bonchev–Trinajstić information content (AvgIpc) is 2.94. The van der Waals surface area contributed by atoms with E-state index in [9.17, 15) is 24.6 Å². The summed E-state index contributed by atoms with van der Waals surface area (Å²) in [4.78, 5) is 38.9. The molecule has 0 spiro atoms. The maximum Gasteiger partial charge on any atom is 0.249 e. The Kier molecular flexibility index (Phi) is 19.6. The second kappa shape index (κ2) is 21.8. The lowest BCUT2D eigenvalue weighted by Gasteiger charge is -2.33. The second-order valence-electron chi connectivity index (χ2n) is 12.2. The minimum absolute atomic E-state index is 0.0323. The molecule has 0 bridgehead atoms. The molecule has 1 aliphatic rings. The van der Waals surface area contributed by atoms with Gasteiger partial charge >= 0.3 is 0 Å². The Balaban J connectivity index is 2.09. The average molecular weight is 566 g/mol. The fourth-order valence-corrected chi connectivity index (χ4v) is 4.97. The Morgan fingerprint density at radius 1 is 0.925 bits per heavy atom. The molecule has 0 aromatic rings. The van der Waals surface area contributed by atoms with Gasteiger partial charge in [0.25, 0.3) is 0 Å². The van der Waals surface area contributed by atoms with E-state index in [2.05, 4.69) is 29.7 Å². The summed E-state index contributed by atoms with van der Waals surface area (Å²) >= 11 is 0. The van der Waals surface area contributed by atoms with Crippen molar-refractivity contribution in [3.63, 3.8) is 0 Å². The number of piperidine rings is 1. The van der Waals surface area contributed by atoms with Crippen LogP contribution in [0, 0.1) is 5.41 Å². The van der Waals surface area contributed by atoms with Crippen LogP contribution in [0.4, 0.5) is 0 Å². The van der Waals surface area contributed by atoms with Gasteiger partial charge in [-0.1, -0.05) is 84.3 Å². The quantitative estimate of drug-likeness (QED) is 0.109. The van der Waals surface area contributed by atoms with Gasteiger partial charge in [-0.15, -0.1) is 0 Å². The van der Waals surface area contributed by atoms with E-state index in [4.69, 9.17) is 0 Å². The monoisotopic (exact) mass is 565 g/mol. The van der Waals surface area contributed by atoms with Crippen molar-refractivity contribution < 1.29 is 24.6 Å². The molecule has 8 nitrogen and oxygen atoms in total. The summed E-state index contributed by atoms with van der Waals surface area (Å²) in [5.41, 5.74) is -0.948. The van der Waals surface area contributed by atoms with Crippen molar-refractivity contribution in [2.75, 3.05) is 26.2 Å². The highest BCUT2D eigenvalue weighted by molar-refractivity contribution is 5.82.